The van der Waals surface area contributed by atoms with Crippen LogP contribution in [0.5, 0.6) is 0 Å². The van der Waals surface area contributed by atoms with E-state index in [9.17, 15) is 0 Å². The van der Waals surface area contributed by atoms with Crippen LogP contribution in [0.4, 0.5) is 0 Å². The molecule has 1 aromatic rings. The molecule has 3 rings (SSSR count). The predicted molar refractivity (Wildman–Crippen MR) is 59.7 cm³/mol. The van der Waals surface area contributed by atoms with E-state index < -0.39 is 0 Å². The molecule has 2 aliphatic rings. The third-order valence-electron chi connectivity index (χ3n) is 4.28. The fourth-order valence-corrected chi connectivity index (χ4v) is 3.28. The first-order valence-corrected chi connectivity index (χ1v) is 6.37. The van der Waals surface area contributed by atoms with Crippen LogP contribution in [0.25, 0.3) is 0 Å². The Bertz CT molecular complexity index is 376. The Kier molecular flexibility index (Phi) is 2.46. The minimum atomic E-state index is -0.0974. The van der Waals surface area contributed by atoms with Gasteiger partial charge in [0.2, 0.25) is 5.89 Å². The second kappa shape index (κ2) is 3.84. The van der Waals surface area contributed by atoms with E-state index in [1.807, 2.05) is 6.92 Å². The Morgan fingerprint density at radius 1 is 1.44 bits per heavy atom. The lowest BCUT2D eigenvalue weighted by atomic mass is 9.88. The van der Waals surface area contributed by atoms with Crippen molar-refractivity contribution in [3.8, 4) is 0 Å². The minimum Gasteiger partial charge on any atom is -0.338 e. The first-order chi connectivity index (χ1) is 7.78. The van der Waals surface area contributed by atoms with E-state index in [0.29, 0.717) is 11.8 Å². The summed E-state index contributed by atoms with van der Waals surface area (Å²) in [5.41, 5.74) is 5.89. The average Bonchev–Trinajstić information content (AvgIpc) is 3.02. The molecule has 2 bridgehead atoms. The van der Waals surface area contributed by atoms with Gasteiger partial charge in [-0.2, -0.15) is 4.98 Å². The standard InChI is InChI=1S/C12H19N3O/c1-2-10(13)12-14-11(15-16-12)9-6-7-3-4-8(9)5-7/h7-10H,2-6,13H2,1H3. The molecule has 0 saturated heterocycles. The molecule has 4 atom stereocenters. The van der Waals surface area contributed by atoms with Crippen molar-refractivity contribution in [3.05, 3.63) is 11.7 Å². The zero-order chi connectivity index (χ0) is 11.1. The molecule has 0 amide bonds. The van der Waals surface area contributed by atoms with Gasteiger partial charge < -0.3 is 10.3 Å². The SMILES string of the molecule is CCC(N)c1nc(C2CC3CCC2C3)no1. The van der Waals surface area contributed by atoms with E-state index in [1.54, 1.807) is 0 Å². The summed E-state index contributed by atoms with van der Waals surface area (Å²) in [5, 5.41) is 4.12. The Labute approximate surface area is 95.6 Å². The highest BCUT2D eigenvalue weighted by Crippen LogP contribution is 2.52. The summed E-state index contributed by atoms with van der Waals surface area (Å²) in [7, 11) is 0. The topological polar surface area (TPSA) is 64.9 Å². The lowest BCUT2D eigenvalue weighted by molar-refractivity contribution is 0.336. The smallest absolute Gasteiger partial charge is 0.243 e. The molecule has 0 aliphatic heterocycles. The Hall–Kier alpha value is -0.900. The van der Waals surface area contributed by atoms with Crippen molar-refractivity contribution < 1.29 is 4.52 Å². The molecule has 16 heavy (non-hydrogen) atoms. The highest BCUT2D eigenvalue weighted by atomic mass is 16.5. The van der Waals surface area contributed by atoms with Gasteiger partial charge in [0.25, 0.3) is 0 Å². The Morgan fingerprint density at radius 2 is 2.31 bits per heavy atom. The molecule has 2 fully saturated rings. The lowest BCUT2D eigenvalue weighted by Gasteiger charge is -2.17. The zero-order valence-corrected chi connectivity index (χ0v) is 9.72. The van der Waals surface area contributed by atoms with Gasteiger partial charge in [0, 0.05) is 5.92 Å². The maximum absolute atomic E-state index is 5.89. The number of fused-ring (bicyclic) bond motifs is 2. The number of rotatable bonds is 3. The van der Waals surface area contributed by atoms with E-state index in [0.717, 1.165) is 24.1 Å². The maximum Gasteiger partial charge on any atom is 0.243 e. The molecule has 2 saturated carbocycles. The number of hydrogen-bond donors (Lipinski definition) is 1. The van der Waals surface area contributed by atoms with E-state index >= 15 is 0 Å². The summed E-state index contributed by atoms with van der Waals surface area (Å²) in [4.78, 5) is 4.48. The van der Waals surface area contributed by atoms with Gasteiger partial charge in [-0.05, 0) is 37.5 Å². The molecule has 1 aromatic heterocycles. The van der Waals surface area contributed by atoms with Gasteiger partial charge in [0.15, 0.2) is 5.82 Å². The van der Waals surface area contributed by atoms with E-state index in [2.05, 4.69) is 10.1 Å². The summed E-state index contributed by atoms with van der Waals surface area (Å²) in [6.07, 6.45) is 6.22. The molecule has 2 N–H and O–H groups in total. The average molecular weight is 221 g/mol. The summed E-state index contributed by atoms with van der Waals surface area (Å²) >= 11 is 0. The van der Waals surface area contributed by atoms with Gasteiger partial charge in [0.1, 0.15) is 0 Å². The number of nitrogens with zero attached hydrogens (tertiary/aromatic N) is 2. The molecular weight excluding hydrogens is 202 g/mol. The molecule has 88 valence electrons. The van der Waals surface area contributed by atoms with Gasteiger partial charge in [-0.3, -0.25) is 0 Å². The largest absolute Gasteiger partial charge is 0.338 e. The van der Waals surface area contributed by atoms with Crippen LogP contribution in [0.15, 0.2) is 4.52 Å². The van der Waals surface area contributed by atoms with Crippen LogP contribution in [0, 0.1) is 11.8 Å². The van der Waals surface area contributed by atoms with Crippen LogP contribution in [0.3, 0.4) is 0 Å². The molecule has 1 heterocycles. The highest BCUT2D eigenvalue weighted by Gasteiger charge is 2.42. The normalized spacial score (nSPS) is 34.5. The summed E-state index contributed by atoms with van der Waals surface area (Å²) in [6, 6.07) is -0.0974. The Balaban J connectivity index is 1.77. The number of hydrogen-bond acceptors (Lipinski definition) is 4. The zero-order valence-electron chi connectivity index (χ0n) is 9.72. The van der Waals surface area contributed by atoms with Crippen molar-refractivity contribution in [1.29, 1.82) is 0 Å². The van der Waals surface area contributed by atoms with E-state index in [-0.39, 0.29) is 6.04 Å². The minimum absolute atomic E-state index is 0.0974. The van der Waals surface area contributed by atoms with Crippen LogP contribution < -0.4 is 5.73 Å². The molecule has 0 aromatic carbocycles. The molecule has 4 unspecified atom stereocenters. The van der Waals surface area contributed by atoms with Crippen molar-refractivity contribution in [2.24, 2.45) is 17.6 Å². The molecule has 0 radical (unpaired) electrons. The molecule has 0 spiro atoms. The van der Waals surface area contributed by atoms with Crippen molar-refractivity contribution in [2.45, 2.75) is 51.0 Å². The van der Waals surface area contributed by atoms with Crippen molar-refractivity contribution in [3.63, 3.8) is 0 Å². The summed E-state index contributed by atoms with van der Waals surface area (Å²) in [6.45, 7) is 2.03. The van der Waals surface area contributed by atoms with Crippen molar-refractivity contribution in [2.75, 3.05) is 0 Å². The van der Waals surface area contributed by atoms with Crippen LogP contribution in [-0.4, -0.2) is 10.1 Å². The first-order valence-electron chi connectivity index (χ1n) is 6.37. The van der Waals surface area contributed by atoms with Crippen LogP contribution in [-0.2, 0) is 0 Å². The second-order valence-corrected chi connectivity index (χ2v) is 5.29. The van der Waals surface area contributed by atoms with E-state index in [4.69, 9.17) is 10.3 Å². The van der Waals surface area contributed by atoms with Crippen LogP contribution in [0.2, 0.25) is 0 Å². The molecular formula is C12H19N3O. The number of nitrogens with two attached hydrogens (primary N) is 1. The van der Waals surface area contributed by atoms with Gasteiger partial charge >= 0.3 is 0 Å². The Morgan fingerprint density at radius 3 is 2.94 bits per heavy atom. The first kappa shape index (κ1) is 10.3. The fraction of sp³-hybridized carbons (Fsp3) is 0.833. The van der Waals surface area contributed by atoms with Gasteiger partial charge in [-0.1, -0.05) is 18.5 Å². The van der Waals surface area contributed by atoms with Crippen LogP contribution in [0.1, 0.15) is 62.7 Å². The number of aromatic nitrogens is 2. The second-order valence-electron chi connectivity index (χ2n) is 5.29. The highest BCUT2D eigenvalue weighted by molar-refractivity contribution is 5.07. The quantitative estimate of drug-likeness (QED) is 0.851. The fourth-order valence-electron chi connectivity index (χ4n) is 3.28. The monoisotopic (exact) mass is 221 g/mol. The van der Waals surface area contributed by atoms with Crippen molar-refractivity contribution in [1.82, 2.24) is 10.1 Å². The van der Waals surface area contributed by atoms with Gasteiger partial charge in [-0.25, -0.2) is 0 Å². The maximum atomic E-state index is 5.89. The molecule has 4 heteroatoms. The van der Waals surface area contributed by atoms with E-state index in [1.165, 1.54) is 25.7 Å². The third-order valence-corrected chi connectivity index (χ3v) is 4.28. The summed E-state index contributed by atoms with van der Waals surface area (Å²) in [5.74, 6) is 3.77. The van der Waals surface area contributed by atoms with Crippen LogP contribution >= 0.6 is 0 Å². The lowest BCUT2D eigenvalue weighted by Crippen LogP contribution is -2.12. The van der Waals surface area contributed by atoms with Crippen molar-refractivity contribution >= 4 is 0 Å². The predicted octanol–water partition coefficient (Wildman–Crippen LogP) is 2.38. The van der Waals surface area contributed by atoms with Gasteiger partial charge in [-0.15, -0.1) is 0 Å². The van der Waals surface area contributed by atoms with Gasteiger partial charge in [0.05, 0.1) is 6.04 Å². The summed E-state index contributed by atoms with van der Waals surface area (Å²) < 4.78 is 5.25. The third kappa shape index (κ3) is 1.56. The molecule has 2 aliphatic carbocycles. The molecule has 4 nitrogen and oxygen atoms in total.